The monoisotopic (exact) mass is 225 g/mol. The Bertz CT molecular complexity index is 253. The zero-order valence-electron chi connectivity index (χ0n) is 10.3. The first-order valence-electron chi connectivity index (χ1n) is 6.49. The largest absolute Gasteiger partial charge is 0.336 e. The fourth-order valence-corrected chi connectivity index (χ4v) is 2.84. The molecule has 2 atom stereocenters. The Kier molecular flexibility index (Phi) is 3.69. The van der Waals surface area contributed by atoms with Gasteiger partial charge >= 0.3 is 6.03 Å². The first kappa shape index (κ1) is 11.7. The molecule has 2 N–H and O–H groups in total. The fraction of sp³-hybridized carbons (Fsp3) is 0.917. The highest BCUT2D eigenvalue weighted by Crippen LogP contribution is 2.25. The average Bonchev–Trinajstić information content (AvgIpc) is 2.27. The van der Waals surface area contributed by atoms with E-state index < -0.39 is 0 Å². The van der Waals surface area contributed by atoms with Crippen LogP contribution in [0.15, 0.2) is 0 Å². The Labute approximate surface area is 97.8 Å². The molecule has 2 unspecified atom stereocenters. The van der Waals surface area contributed by atoms with E-state index in [0.717, 1.165) is 19.5 Å². The van der Waals surface area contributed by atoms with Crippen molar-refractivity contribution in [2.24, 2.45) is 0 Å². The molecule has 1 aliphatic carbocycles. The Morgan fingerprint density at radius 1 is 1.38 bits per heavy atom. The van der Waals surface area contributed by atoms with Crippen molar-refractivity contribution in [2.75, 3.05) is 13.1 Å². The van der Waals surface area contributed by atoms with Crippen LogP contribution in [0.4, 0.5) is 4.79 Å². The summed E-state index contributed by atoms with van der Waals surface area (Å²) in [5, 5.41) is 6.54. The maximum Gasteiger partial charge on any atom is 0.317 e. The summed E-state index contributed by atoms with van der Waals surface area (Å²) in [6.45, 7) is 5.81. The molecule has 0 aromatic heterocycles. The molecule has 4 nitrogen and oxygen atoms in total. The highest BCUT2D eigenvalue weighted by atomic mass is 16.2. The lowest BCUT2D eigenvalue weighted by Gasteiger charge is -2.44. The van der Waals surface area contributed by atoms with Gasteiger partial charge in [-0.3, -0.25) is 0 Å². The zero-order chi connectivity index (χ0) is 11.5. The maximum absolute atomic E-state index is 12.1. The van der Waals surface area contributed by atoms with Gasteiger partial charge in [-0.15, -0.1) is 0 Å². The Morgan fingerprint density at radius 3 is 2.88 bits per heavy atom. The van der Waals surface area contributed by atoms with E-state index >= 15 is 0 Å². The summed E-state index contributed by atoms with van der Waals surface area (Å²) in [5.41, 5.74) is 0. The van der Waals surface area contributed by atoms with Crippen molar-refractivity contribution in [1.29, 1.82) is 0 Å². The second-order valence-electron chi connectivity index (χ2n) is 5.21. The molecule has 0 bridgehead atoms. The van der Waals surface area contributed by atoms with Gasteiger partial charge < -0.3 is 15.5 Å². The van der Waals surface area contributed by atoms with Crippen molar-refractivity contribution >= 4 is 6.03 Å². The number of nitrogens with one attached hydrogen (secondary N) is 2. The van der Waals surface area contributed by atoms with Crippen LogP contribution in [-0.4, -0.2) is 42.1 Å². The van der Waals surface area contributed by atoms with E-state index in [4.69, 9.17) is 0 Å². The molecule has 1 saturated carbocycles. The number of hydrogen-bond acceptors (Lipinski definition) is 2. The van der Waals surface area contributed by atoms with Gasteiger partial charge in [0.1, 0.15) is 0 Å². The molecule has 1 saturated heterocycles. The lowest BCUT2D eigenvalue weighted by Crippen LogP contribution is -2.62. The summed E-state index contributed by atoms with van der Waals surface area (Å²) < 4.78 is 0. The van der Waals surface area contributed by atoms with Crippen molar-refractivity contribution in [2.45, 2.75) is 57.7 Å². The van der Waals surface area contributed by atoms with E-state index in [2.05, 4.69) is 10.6 Å². The minimum absolute atomic E-state index is 0.119. The van der Waals surface area contributed by atoms with Crippen LogP contribution < -0.4 is 10.6 Å². The summed E-state index contributed by atoms with van der Waals surface area (Å²) in [4.78, 5) is 14.1. The van der Waals surface area contributed by atoms with Gasteiger partial charge in [-0.1, -0.05) is 12.8 Å². The first-order valence-corrected chi connectivity index (χ1v) is 6.49. The minimum Gasteiger partial charge on any atom is -0.336 e. The van der Waals surface area contributed by atoms with E-state index in [1.807, 2.05) is 18.7 Å². The highest BCUT2D eigenvalue weighted by Gasteiger charge is 2.35. The normalized spacial score (nSPS) is 30.1. The van der Waals surface area contributed by atoms with Gasteiger partial charge in [0.05, 0.1) is 0 Å². The molecular formula is C12H23N3O. The predicted octanol–water partition coefficient (Wildman–Crippen LogP) is 1.32. The van der Waals surface area contributed by atoms with Gasteiger partial charge in [-0.25, -0.2) is 4.79 Å². The molecule has 0 aromatic rings. The predicted molar refractivity (Wildman–Crippen MR) is 64.4 cm³/mol. The van der Waals surface area contributed by atoms with Crippen LogP contribution in [0.1, 0.15) is 39.5 Å². The number of carbonyl (C=O) groups excluding carboxylic acids is 1. The number of nitrogens with zero attached hydrogens (tertiary/aromatic N) is 1. The zero-order valence-corrected chi connectivity index (χ0v) is 10.3. The summed E-state index contributed by atoms with van der Waals surface area (Å²) >= 11 is 0. The van der Waals surface area contributed by atoms with E-state index in [9.17, 15) is 4.79 Å². The number of rotatable bonds is 1. The van der Waals surface area contributed by atoms with Gasteiger partial charge in [0.15, 0.2) is 0 Å². The van der Waals surface area contributed by atoms with Crippen molar-refractivity contribution in [3.8, 4) is 0 Å². The van der Waals surface area contributed by atoms with E-state index in [-0.39, 0.29) is 12.1 Å². The molecule has 1 aliphatic heterocycles. The van der Waals surface area contributed by atoms with Crippen LogP contribution in [-0.2, 0) is 0 Å². The quantitative estimate of drug-likeness (QED) is 0.707. The smallest absolute Gasteiger partial charge is 0.317 e. The number of amides is 2. The molecule has 4 heteroatoms. The third-order valence-electron chi connectivity index (χ3n) is 3.56. The van der Waals surface area contributed by atoms with Crippen LogP contribution >= 0.6 is 0 Å². The fourth-order valence-electron chi connectivity index (χ4n) is 2.84. The van der Waals surface area contributed by atoms with Gasteiger partial charge in [-0.2, -0.15) is 0 Å². The van der Waals surface area contributed by atoms with Gasteiger partial charge in [0, 0.05) is 31.2 Å². The van der Waals surface area contributed by atoms with Gasteiger partial charge in [-0.05, 0) is 26.7 Å². The van der Waals surface area contributed by atoms with E-state index in [0.29, 0.717) is 12.1 Å². The van der Waals surface area contributed by atoms with Crippen LogP contribution in [0.3, 0.4) is 0 Å². The number of carbonyl (C=O) groups is 1. The van der Waals surface area contributed by atoms with E-state index in [1.54, 1.807) is 0 Å². The maximum atomic E-state index is 12.1. The SMILES string of the molecule is CC(C)NC(=O)N1CCNC2CCCCC21. The van der Waals surface area contributed by atoms with Crippen LogP contribution in [0.2, 0.25) is 0 Å². The molecular weight excluding hydrogens is 202 g/mol. The minimum atomic E-state index is 0.119. The molecule has 16 heavy (non-hydrogen) atoms. The van der Waals surface area contributed by atoms with E-state index in [1.165, 1.54) is 19.3 Å². The molecule has 0 radical (unpaired) electrons. The lowest BCUT2D eigenvalue weighted by atomic mass is 9.88. The first-order chi connectivity index (χ1) is 7.68. The number of urea groups is 1. The molecule has 0 aromatic carbocycles. The second kappa shape index (κ2) is 5.04. The second-order valence-corrected chi connectivity index (χ2v) is 5.21. The van der Waals surface area contributed by atoms with Crippen LogP contribution in [0, 0.1) is 0 Å². The molecule has 2 aliphatic rings. The van der Waals surface area contributed by atoms with Crippen molar-refractivity contribution in [1.82, 2.24) is 15.5 Å². The Balaban J connectivity index is 1.99. The van der Waals surface area contributed by atoms with Crippen LogP contribution in [0.5, 0.6) is 0 Å². The van der Waals surface area contributed by atoms with Gasteiger partial charge in [0.2, 0.25) is 0 Å². The third-order valence-corrected chi connectivity index (χ3v) is 3.56. The van der Waals surface area contributed by atoms with Crippen molar-refractivity contribution in [3.05, 3.63) is 0 Å². The average molecular weight is 225 g/mol. The topological polar surface area (TPSA) is 44.4 Å². The summed E-state index contributed by atoms with van der Waals surface area (Å²) in [5.74, 6) is 0. The number of fused-ring (bicyclic) bond motifs is 1. The molecule has 2 rings (SSSR count). The van der Waals surface area contributed by atoms with Gasteiger partial charge in [0.25, 0.3) is 0 Å². The number of piperazine rings is 1. The molecule has 2 amide bonds. The summed E-state index contributed by atoms with van der Waals surface area (Å²) in [6.07, 6.45) is 4.93. The standard InChI is InChI=1S/C12H23N3O/c1-9(2)14-12(16)15-8-7-13-10-5-3-4-6-11(10)15/h9-11,13H,3-8H2,1-2H3,(H,14,16). The third kappa shape index (κ3) is 2.48. The summed E-state index contributed by atoms with van der Waals surface area (Å²) in [6, 6.07) is 1.29. The van der Waals surface area contributed by atoms with Crippen molar-refractivity contribution < 1.29 is 4.79 Å². The lowest BCUT2D eigenvalue weighted by molar-refractivity contribution is 0.106. The number of hydrogen-bond donors (Lipinski definition) is 2. The molecule has 92 valence electrons. The molecule has 1 heterocycles. The van der Waals surface area contributed by atoms with Crippen molar-refractivity contribution in [3.63, 3.8) is 0 Å². The van der Waals surface area contributed by atoms with Crippen LogP contribution in [0.25, 0.3) is 0 Å². The highest BCUT2D eigenvalue weighted by molar-refractivity contribution is 5.75. The Morgan fingerprint density at radius 2 is 2.12 bits per heavy atom. The summed E-state index contributed by atoms with van der Waals surface area (Å²) in [7, 11) is 0. The molecule has 2 fully saturated rings. The molecule has 0 spiro atoms. The Hall–Kier alpha value is -0.770.